The maximum absolute atomic E-state index is 5.35. The highest BCUT2D eigenvalue weighted by atomic mass is 15.0. The molecule has 0 unspecified atom stereocenters. The number of aromatic nitrogens is 3. The normalized spacial score (nSPS) is 12.4. The van der Waals surface area contributed by atoms with Gasteiger partial charge in [-0.05, 0) is 53.2 Å². The molecule has 148 valence electrons. The van der Waals surface area contributed by atoms with Gasteiger partial charge in [-0.15, -0.1) is 0 Å². The average Bonchev–Trinajstić information content (AvgIpc) is 3.34. The molecule has 8 aromatic rings. The molecule has 32 heavy (non-hydrogen) atoms. The number of nitrogens with zero attached hydrogens (tertiary/aromatic N) is 3. The number of pyridine rings is 1. The molecule has 0 saturated heterocycles. The quantitative estimate of drug-likeness (QED) is 0.257. The highest BCUT2D eigenvalue weighted by Crippen LogP contribution is 2.35. The van der Waals surface area contributed by atoms with Crippen molar-refractivity contribution in [2.24, 2.45) is 0 Å². The van der Waals surface area contributed by atoms with Gasteiger partial charge in [0.05, 0.1) is 11.0 Å². The van der Waals surface area contributed by atoms with Crippen molar-refractivity contribution >= 4 is 65.7 Å². The highest BCUT2D eigenvalue weighted by molar-refractivity contribution is 6.16. The van der Waals surface area contributed by atoms with Gasteiger partial charge in [-0.25, -0.2) is 4.98 Å². The third-order valence-electron chi connectivity index (χ3n) is 6.82. The third-order valence-corrected chi connectivity index (χ3v) is 6.82. The number of para-hydroxylation sites is 2. The van der Waals surface area contributed by atoms with Crippen molar-refractivity contribution in [1.82, 2.24) is 13.8 Å². The minimum atomic E-state index is 0.995. The van der Waals surface area contributed by atoms with Gasteiger partial charge in [0.15, 0.2) is 0 Å². The Kier molecular flexibility index (Phi) is 2.89. The van der Waals surface area contributed by atoms with Crippen LogP contribution in [0.4, 0.5) is 0 Å². The fourth-order valence-electron chi connectivity index (χ4n) is 5.42. The van der Waals surface area contributed by atoms with Crippen LogP contribution in [0.15, 0.2) is 103 Å². The summed E-state index contributed by atoms with van der Waals surface area (Å²) >= 11 is 0. The maximum atomic E-state index is 5.35. The van der Waals surface area contributed by atoms with Crippen LogP contribution in [0.2, 0.25) is 0 Å². The number of hydrogen-bond donors (Lipinski definition) is 0. The molecule has 0 radical (unpaired) electrons. The van der Waals surface area contributed by atoms with E-state index in [9.17, 15) is 0 Å². The van der Waals surface area contributed by atoms with Gasteiger partial charge in [-0.3, -0.25) is 8.80 Å². The SMILES string of the molecule is c1ccc2c(c1)c1cc3c4ccccc4n4c5cccc(c5)c5cccc(c5)n2c1nc34. The maximum Gasteiger partial charge on any atom is 0.148 e. The minimum absolute atomic E-state index is 0.995. The summed E-state index contributed by atoms with van der Waals surface area (Å²) in [5.74, 6) is 0. The Morgan fingerprint density at radius 2 is 0.938 bits per heavy atom. The first-order valence-electron chi connectivity index (χ1n) is 10.9. The molecule has 0 N–H and O–H groups in total. The van der Waals surface area contributed by atoms with Crippen molar-refractivity contribution < 1.29 is 0 Å². The van der Waals surface area contributed by atoms with E-state index in [1.54, 1.807) is 0 Å². The zero-order valence-corrected chi connectivity index (χ0v) is 17.2. The number of hydrogen-bond acceptors (Lipinski definition) is 1. The summed E-state index contributed by atoms with van der Waals surface area (Å²) in [5, 5.41) is 7.25. The largest absolute Gasteiger partial charge is 0.294 e. The topological polar surface area (TPSA) is 21.7 Å². The van der Waals surface area contributed by atoms with E-state index in [1.807, 2.05) is 0 Å². The Labute approximate surface area is 182 Å². The second-order valence-corrected chi connectivity index (χ2v) is 8.54. The second-order valence-electron chi connectivity index (χ2n) is 8.54. The van der Waals surface area contributed by atoms with Gasteiger partial charge < -0.3 is 0 Å². The van der Waals surface area contributed by atoms with Crippen molar-refractivity contribution in [3.63, 3.8) is 0 Å². The van der Waals surface area contributed by atoms with Gasteiger partial charge >= 0.3 is 0 Å². The van der Waals surface area contributed by atoms with E-state index in [4.69, 9.17) is 4.98 Å². The first kappa shape index (κ1) is 16.3. The fourth-order valence-corrected chi connectivity index (χ4v) is 5.42. The molecule has 4 heterocycles. The first-order valence-corrected chi connectivity index (χ1v) is 10.9. The van der Waals surface area contributed by atoms with Crippen LogP contribution in [-0.2, 0) is 0 Å². The highest BCUT2D eigenvalue weighted by Gasteiger charge is 2.16. The van der Waals surface area contributed by atoms with Gasteiger partial charge in [-0.2, -0.15) is 0 Å². The molecule has 4 aromatic carbocycles. The lowest BCUT2D eigenvalue weighted by atomic mass is 10.1. The Morgan fingerprint density at radius 1 is 0.438 bits per heavy atom. The number of rotatable bonds is 0. The summed E-state index contributed by atoms with van der Waals surface area (Å²) in [7, 11) is 0. The molecule has 0 saturated carbocycles. The summed E-state index contributed by atoms with van der Waals surface area (Å²) in [6.07, 6.45) is 0. The van der Waals surface area contributed by atoms with Crippen LogP contribution in [0.5, 0.6) is 0 Å². The van der Waals surface area contributed by atoms with Crippen LogP contribution in [0.1, 0.15) is 0 Å². The molecule has 3 nitrogen and oxygen atoms in total. The van der Waals surface area contributed by atoms with Crippen molar-refractivity contribution in [1.29, 1.82) is 0 Å². The first-order chi connectivity index (χ1) is 15.9. The van der Waals surface area contributed by atoms with E-state index < -0.39 is 0 Å². The van der Waals surface area contributed by atoms with Crippen LogP contribution in [0, 0.1) is 0 Å². The summed E-state index contributed by atoms with van der Waals surface area (Å²) in [4.78, 5) is 5.35. The van der Waals surface area contributed by atoms with Crippen molar-refractivity contribution in [3.05, 3.63) is 103 Å². The molecule has 4 aromatic heterocycles. The Morgan fingerprint density at radius 3 is 1.47 bits per heavy atom. The van der Waals surface area contributed by atoms with Crippen LogP contribution < -0.4 is 0 Å². The van der Waals surface area contributed by atoms with E-state index in [0.29, 0.717) is 0 Å². The molecule has 0 aliphatic carbocycles. The molecule has 0 atom stereocenters. The van der Waals surface area contributed by atoms with Gasteiger partial charge in [0.1, 0.15) is 11.3 Å². The zero-order chi connectivity index (χ0) is 20.8. The molecule has 0 fully saturated rings. The predicted molar refractivity (Wildman–Crippen MR) is 134 cm³/mol. The molecular formula is C29H17N3. The fraction of sp³-hybridized carbons (Fsp3) is 0. The van der Waals surface area contributed by atoms with E-state index >= 15 is 0 Å². The lowest BCUT2D eigenvalue weighted by molar-refractivity contribution is 1.23. The summed E-state index contributed by atoms with van der Waals surface area (Å²) in [6.45, 7) is 0. The van der Waals surface area contributed by atoms with Gasteiger partial charge in [0.2, 0.25) is 0 Å². The Hall–Kier alpha value is -4.37. The summed E-state index contributed by atoms with van der Waals surface area (Å²) in [6, 6.07) is 37.2. The lowest BCUT2D eigenvalue weighted by Gasteiger charge is -2.00. The van der Waals surface area contributed by atoms with Crippen molar-refractivity contribution in [2.75, 3.05) is 0 Å². The van der Waals surface area contributed by atoms with Crippen LogP contribution >= 0.6 is 0 Å². The van der Waals surface area contributed by atoms with Crippen molar-refractivity contribution in [3.8, 4) is 0 Å². The standard InChI is InChI=1S/C29H17N3/c1-3-13-26-22(11-1)24-17-25-23-12-2-4-14-27(23)32-21-10-6-8-19(16-21)18-7-5-9-20(15-18)31(26)28(24)30-29(25)32/h1-17H. The van der Waals surface area contributed by atoms with E-state index in [2.05, 4.69) is 112 Å². The molecule has 0 aliphatic heterocycles. The van der Waals surface area contributed by atoms with E-state index in [-0.39, 0.29) is 0 Å². The van der Waals surface area contributed by atoms with Gasteiger partial charge in [0, 0.05) is 32.6 Å². The monoisotopic (exact) mass is 407 g/mol. The van der Waals surface area contributed by atoms with Gasteiger partial charge in [-0.1, -0.05) is 60.7 Å². The van der Waals surface area contributed by atoms with E-state index in [1.165, 1.54) is 43.4 Å². The Balaban J connectivity index is 1.86. The molecule has 0 spiro atoms. The molecule has 3 heteroatoms. The zero-order valence-electron chi connectivity index (χ0n) is 17.2. The molecule has 6 bridgehead atoms. The van der Waals surface area contributed by atoms with Gasteiger partial charge in [0.25, 0.3) is 0 Å². The summed E-state index contributed by atoms with van der Waals surface area (Å²) < 4.78 is 4.62. The smallest absolute Gasteiger partial charge is 0.148 e. The van der Waals surface area contributed by atoms with Crippen molar-refractivity contribution in [2.45, 2.75) is 0 Å². The van der Waals surface area contributed by atoms with E-state index in [0.717, 1.165) is 22.3 Å². The minimum Gasteiger partial charge on any atom is -0.294 e. The van der Waals surface area contributed by atoms with Crippen LogP contribution in [-0.4, -0.2) is 13.8 Å². The number of fused-ring (bicyclic) bond motifs is 13. The Bertz CT molecular complexity index is 1890. The lowest BCUT2D eigenvalue weighted by Crippen LogP contribution is -1.90. The number of benzene rings is 4. The average molecular weight is 407 g/mol. The second kappa shape index (κ2) is 5.65. The summed E-state index contributed by atoms with van der Waals surface area (Å²) in [5.41, 5.74) is 6.62. The molecule has 0 aliphatic rings. The third kappa shape index (κ3) is 1.94. The molecule has 8 rings (SSSR count). The van der Waals surface area contributed by atoms with Crippen LogP contribution in [0.3, 0.4) is 0 Å². The molecular weight excluding hydrogens is 390 g/mol. The molecule has 0 amide bonds. The predicted octanol–water partition coefficient (Wildman–Crippen LogP) is 7.35. The van der Waals surface area contributed by atoms with Crippen LogP contribution in [0.25, 0.3) is 65.7 Å².